The van der Waals surface area contributed by atoms with Crippen molar-refractivity contribution < 1.29 is 4.74 Å². The topological polar surface area (TPSA) is 9.23 Å². The SMILES string of the molecule is C[C@]12CC[C@H]3[C@@H](C[C@H]4OC[C@@]35CCCC=C45)[C@@H]1CC=C2I. The Morgan fingerprint density at radius 3 is 3.05 bits per heavy atom. The molecule has 0 aromatic rings. The Morgan fingerprint density at radius 2 is 2.14 bits per heavy atom. The summed E-state index contributed by atoms with van der Waals surface area (Å²) in [5, 5.41) is 0. The van der Waals surface area contributed by atoms with Gasteiger partial charge in [0.25, 0.3) is 0 Å². The van der Waals surface area contributed by atoms with Gasteiger partial charge in [0.1, 0.15) is 0 Å². The first-order valence-electron chi connectivity index (χ1n) is 8.83. The zero-order valence-electron chi connectivity index (χ0n) is 12.9. The molecule has 0 unspecified atom stereocenters. The van der Waals surface area contributed by atoms with Gasteiger partial charge in [-0.2, -0.15) is 0 Å². The summed E-state index contributed by atoms with van der Waals surface area (Å²) >= 11 is 2.63. The molecule has 0 radical (unpaired) electrons. The van der Waals surface area contributed by atoms with E-state index in [-0.39, 0.29) is 0 Å². The van der Waals surface area contributed by atoms with Crippen molar-refractivity contribution >= 4 is 22.6 Å². The Kier molecular flexibility index (Phi) is 2.83. The Hall–Kier alpha value is 0.170. The minimum Gasteiger partial charge on any atom is -0.373 e. The number of rotatable bonds is 0. The largest absolute Gasteiger partial charge is 0.373 e. The van der Waals surface area contributed by atoms with Crippen molar-refractivity contribution in [3.8, 4) is 0 Å². The van der Waals surface area contributed by atoms with Crippen LogP contribution in [0.3, 0.4) is 0 Å². The molecule has 6 atom stereocenters. The lowest BCUT2D eigenvalue weighted by Gasteiger charge is -2.56. The van der Waals surface area contributed by atoms with Crippen LogP contribution >= 0.6 is 22.6 Å². The summed E-state index contributed by atoms with van der Waals surface area (Å²) in [6, 6.07) is 0. The molecule has 5 aliphatic rings. The highest BCUT2D eigenvalue weighted by molar-refractivity contribution is 14.1. The molecule has 2 heteroatoms. The summed E-state index contributed by atoms with van der Waals surface area (Å²) in [5.41, 5.74) is 2.69. The molecule has 21 heavy (non-hydrogen) atoms. The van der Waals surface area contributed by atoms with E-state index in [1.54, 1.807) is 9.15 Å². The minimum absolute atomic E-state index is 0.460. The quantitative estimate of drug-likeness (QED) is 0.401. The van der Waals surface area contributed by atoms with E-state index in [1.165, 1.54) is 44.9 Å². The summed E-state index contributed by atoms with van der Waals surface area (Å²) in [4.78, 5) is 0. The lowest BCUT2D eigenvalue weighted by atomic mass is 9.47. The lowest BCUT2D eigenvalue weighted by Crippen LogP contribution is -2.51. The van der Waals surface area contributed by atoms with Crippen LogP contribution < -0.4 is 0 Å². The molecule has 4 aliphatic carbocycles. The molecule has 0 amide bonds. The molecule has 2 bridgehead atoms. The van der Waals surface area contributed by atoms with E-state index < -0.39 is 0 Å². The van der Waals surface area contributed by atoms with Gasteiger partial charge in [0.05, 0.1) is 12.7 Å². The third kappa shape index (κ3) is 1.57. The number of ether oxygens (including phenoxy) is 1. The zero-order chi connectivity index (χ0) is 14.2. The molecular weight excluding hydrogens is 371 g/mol. The van der Waals surface area contributed by atoms with E-state index in [0.29, 0.717) is 16.9 Å². The van der Waals surface area contributed by atoms with Gasteiger partial charge in [-0.05, 0) is 94.4 Å². The highest BCUT2D eigenvalue weighted by Crippen LogP contribution is 2.68. The molecule has 0 aromatic carbocycles. The fourth-order valence-electron chi connectivity index (χ4n) is 6.74. The highest BCUT2D eigenvalue weighted by atomic mass is 127. The normalized spacial score (nSPS) is 54.4. The summed E-state index contributed by atoms with van der Waals surface area (Å²) in [6.45, 7) is 3.59. The fourth-order valence-corrected chi connectivity index (χ4v) is 7.66. The van der Waals surface area contributed by atoms with Crippen molar-refractivity contribution in [3.63, 3.8) is 0 Å². The van der Waals surface area contributed by atoms with E-state index in [2.05, 4.69) is 41.7 Å². The fraction of sp³-hybridized carbons (Fsp3) is 0.789. The average Bonchev–Trinajstić information content (AvgIpc) is 2.95. The zero-order valence-corrected chi connectivity index (χ0v) is 15.1. The van der Waals surface area contributed by atoms with Gasteiger partial charge in [0.15, 0.2) is 0 Å². The molecule has 0 aromatic heterocycles. The van der Waals surface area contributed by atoms with Crippen LogP contribution in [0.15, 0.2) is 21.3 Å². The summed E-state index contributed by atoms with van der Waals surface area (Å²) < 4.78 is 7.98. The Balaban J connectivity index is 1.57. The Bertz CT molecular complexity index is 550. The molecular formula is C19H25IO. The third-order valence-corrected chi connectivity index (χ3v) is 9.45. The average molecular weight is 396 g/mol. The van der Waals surface area contributed by atoms with Crippen LogP contribution in [0.1, 0.15) is 51.9 Å². The molecule has 1 aliphatic heterocycles. The number of hydrogen-bond acceptors (Lipinski definition) is 1. The van der Waals surface area contributed by atoms with Crippen molar-refractivity contribution in [2.24, 2.45) is 28.6 Å². The van der Waals surface area contributed by atoms with Crippen molar-refractivity contribution in [3.05, 3.63) is 21.3 Å². The van der Waals surface area contributed by atoms with Crippen LogP contribution in [0, 0.1) is 28.6 Å². The smallest absolute Gasteiger partial charge is 0.0794 e. The number of hydrogen-bond donors (Lipinski definition) is 0. The van der Waals surface area contributed by atoms with Crippen LogP contribution in [0.2, 0.25) is 0 Å². The predicted octanol–water partition coefficient (Wildman–Crippen LogP) is 5.26. The highest BCUT2D eigenvalue weighted by Gasteiger charge is 2.62. The first-order valence-corrected chi connectivity index (χ1v) is 9.91. The van der Waals surface area contributed by atoms with Crippen LogP contribution in [0.5, 0.6) is 0 Å². The van der Waals surface area contributed by atoms with Crippen molar-refractivity contribution in [2.75, 3.05) is 6.61 Å². The maximum atomic E-state index is 6.33. The molecule has 0 spiro atoms. The Morgan fingerprint density at radius 1 is 1.24 bits per heavy atom. The number of fused-ring (bicyclic) bond motifs is 3. The van der Waals surface area contributed by atoms with Gasteiger partial charge in [-0.1, -0.05) is 19.1 Å². The molecule has 1 nitrogen and oxygen atoms in total. The first kappa shape index (κ1) is 13.6. The number of halogens is 1. The van der Waals surface area contributed by atoms with E-state index in [4.69, 9.17) is 4.74 Å². The molecule has 114 valence electrons. The summed E-state index contributed by atoms with van der Waals surface area (Å²) in [6.07, 6.45) is 15.2. The first-order chi connectivity index (χ1) is 10.2. The van der Waals surface area contributed by atoms with Crippen LogP contribution in [0.4, 0.5) is 0 Å². The van der Waals surface area contributed by atoms with Gasteiger partial charge < -0.3 is 4.74 Å². The van der Waals surface area contributed by atoms with E-state index in [0.717, 1.165) is 24.4 Å². The standard InChI is InChI=1S/C19H25IO/c1-18-9-7-14-12(13(18)5-6-17(18)20)10-16-15-4-2-3-8-19(14,15)11-21-16/h4,6,12-14,16H,2-3,5,7-11H2,1H3/t12-,13-,14-,16+,18-,19-/m0/s1. The maximum absolute atomic E-state index is 6.33. The minimum atomic E-state index is 0.460. The van der Waals surface area contributed by atoms with Crippen LogP contribution in [-0.4, -0.2) is 12.7 Å². The van der Waals surface area contributed by atoms with Crippen molar-refractivity contribution in [2.45, 2.75) is 58.0 Å². The number of allylic oxidation sites excluding steroid dienone is 3. The Labute approximate surface area is 141 Å². The predicted molar refractivity (Wildman–Crippen MR) is 93.3 cm³/mol. The molecule has 0 N–H and O–H groups in total. The van der Waals surface area contributed by atoms with E-state index in [9.17, 15) is 0 Å². The molecule has 2 saturated carbocycles. The van der Waals surface area contributed by atoms with Crippen molar-refractivity contribution in [1.29, 1.82) is 0 Å². The van der Waals surface area contributed by atoms with E-state index in [1.807, 2.05) is 0 Å². The second-order valence-corrected chi connectivity index (χ2v) is 9.53. The van der Waals surface area contributed by atoms with Crippen LogP contribution in [0.25, 0.3) is 0 Å². The molecule has 1 saturated heterocycles. The molecule has 5 rings (SSSR count). The second-order valence-electron chi connectivity index (χ2n) is 8.36. The van der Waals surface area contributed by atoms with Crippen molar-refractivity contribution in [1.82, 2.24) is 0 Å². The lowest BCUT2D eigenvalue weighted by molar-refractivity contribution is -0.0169. The summed E-state index contributed by atoms with van der Waals surface area (Å²) in [7, 11) is 0. The van der Waals surface area contributed by atoms with Gasteiger partial charge in [-0.15, -0.1) is 0 Å². The van der Waals surface area contributed by atoms with Crippen LogP contribution in [-0.2, 0) is 4.74 Å². The van der Waals surface area contributed by atoms with Gasteiger partial charge in [-0.25, -0.2) is 0 Å². The molecule has 1 heterocycles. The van der Waals surface area contributed by atoms with Gasteiger partial charge in [0, 0.05) is 10.8 Å². The van der Waals surface area contributed by atoms with Gasteiger partial charge >= 0.3 is 0 Å². The molecule has 3 fully saturated rings. The summed E-state index contributed by atoms with van der Waals surface area (Å²) in [5.74, 6) is 2.72. The van der Waals surface area contributed by atoms with Gasteiger partial charge in [0.2, 0.25) is 0 Å². The maximum Gasteiger partial charge on any atom is 0.0794 e. The van der Waals surface area contributed by atoms with E-state index >= 15 is 0 Å². The third-order valence-electron chi connectivity index (χ3n) is 7.77. The second kappa shape index (κ2) is 4.37. The van der Waals surface area contributed by atoms with Gasteiger partial charge in [-0.3, -0.25) is 0 Å². The monoisotopic (exact) mass is 396 g/mol.